The Kier molecular flexibility index (Phi) is 10.5. The Bertz CT molecular complexity index is 596. The lowest BCUT2D eigenvalue weighted by Crippen LogP contribution is -2.33. The van der Waals surface area contributed by atoms with Gasteiger partial charge in [-0.05, 0) is 37.4 Å². The fourth-order valence-corrected chi connectivity index (χ4v) is 2.26. The Labute approximate surface area is 159 Å². The molecule has 1 aliphatic heterocycles. The van der Waals surface area contributed by atoms with Crippen LogP contribution >= 0.6 is 0 Å². The van der Waals surface area contributed by atoms with E-state index in [4.69, 9.17) is 19.7 Å². The Morgan fingerprint density at radius 2 is 2.00 bits per heavy atom. The maximum Gasteiger partial charge on any atom is 0.328 e. The van der Waals surface area contributed by atoms with Crippen molar-refractivity contribution < 1.29 is 29.3 Å². The highest BCUT2D eigenvalue weighted by molar-refractivity contribution is 5.89. The lowest BCUT2D eigenvalue weighted by molar-refractivity contribution is -0.134. The SMILES string of the molecule is CC(C)COc1ncccc1OC[C@H]1CCCNC1.O=C(O)/C=C/C(=O)O. The van der Waals surface area contributed by atoms with Crippen LogP contribution in [0, 0.1) is 11.8 Å². The number of carboxylic acid groups (broad SMARTS) is 2. The summed E-state index contributed by atoms with van der Waals surface area (Å²) in [6, 6.07) is 3.82. The number of ether oxygens (including phenoxy) is 2. The average Bonchev–Trinajstić information content (AvgIpc) is 2.65. The molecule has 0 spiro atoms. The van der Waals surface area contributed by atoms with Crippen LogP contribution in [0.1, 0.15) is 26.7 Å². The van der Waals surface area contributed by atoms with Crippen LogP contribution in [0.15, 0.2) is 30.5 Å². The third kappa shape index (κ3) is 10.9. The van der Waals surface area contributed by atoms with Crippen LogP contribution in [0.5, 0.6) is 11.6 Å². The van der Waals surface area contributed by atoms with Crippen molar-refractivity contribution in [1.82, 2.24) is 10.3 Å². The van der Waals surface area contributed by atoms with E-state index in [1.807, 2.05) is 12.1 Å². The van der Waals surface area contributed by atoms with Gasteiger partial charge in [0.15, 0.2) is 5.75 Å². The number of aliphatic carboxylic acids is 2. The summed E-state index contributed by atoms with van der Waals surface area (Å²) in [5.41, 5.74) is 0. The summed E-state index contributed by atoms with van der Waals surface area (Å²) < 4.78 is 11.6. The molecule has 0 aliphatic carbocycles. The quantitative estimate of drug-likeness (QED) is 0.588. The van der Waals surface area contributed by atoms with Gasteiger partial charge >= 0.3 is 11.9 Å². The van der Waals surface area contributed by atoms with Crippen LogP contribution in [-0.2, 0) is 9.59 Å². The van der Waals surface area contributed by atoms with Crippen molar-refractivity contribution in [3.8, 4) is 11.6 Å². The third-order valence-electron chi connectivity index (χ3n) is 3.53. The summed E-state index contributed by atoms with van der Waals surface area (Å²) in [6.07, 6.45) is 5.32. The van der Waals surface area contributed by atoms with Crippen molar-refractivity contribution in [2.75, 3.05) is 26.3 Å². The molecule has 0 unspecified atom stereocenters. The summed E-state index contributed by atoms with van der Waals surface area (Å²) in [6.45, 7) is 7.82. The molecular weight excluding hydrogens is 352 g/mol. The molecule has 8 nitrogen and oxygen atoms in total. The van der Waals surface area contributed by atoms with Crippen molar-refractivity contribution in [2.45, 2.75) is 26.7 Å². The molecule has 8 heteroatoms. The first-order chi connectivity index (χ1) is 12.9. The molecule has 1 aromatic rings. The van der Waals surface area contributed by atoms with Crippen molar-refractivity contribution in [3.05, 3.63) is 30.5 Å². The van der Waals surface area contributed by atoms with E-state index in [2.05, 4.69) is 24.1 Å². The summed E-state index contributed by atoms with van der Waals surface area (Å²) >= 11 is 0. The molecule has 2 rings (SSSR count). The number of nitrogens with one attached hydrogen (secondary N) is 1. The molecule has 1 fully saturated rings. The Balaban J connectivity index is 0.000000387. The monoisotopic (exact) mass is 380 g/mol. The zero-order valence-corrected chi connectivity index (χ0v) is 15.8. The largest absolute Gasteiger partial charge is 0.488 e. The summed E-state index contributed by atoms with van der Waals surface area (Å²) in [7, 11) is 0. The van der Waals surface area contributed by atoms with Gasteiger partial charge in [0.1, 0.15) is 0 Å². The molecule has 1 saturated heterocycles. The van der Waals surface area contributed by atoms with E-state index in [9.17, 15) is 9.59 Å². The van der Waals surface area contributed by atoms with Gasteiger partial charge in [-0.3, -0.25) is 0 Å². The number of rotatable bonds is 8. The lowest BCUT2D eigenvalue weighted by Gasteiger charge is -2.23. The van der Waals surface area contributed by atoms with Gasteiger partial charge in [-0.2, -0.15) is 0 Å². The molecule has 3 N–H and O–H groups in total. The van der Waals surface area contributed by atoms with E-state index in [1.54, 1.807) is 6.20 Å². The van der Waals surface area contributed by atoms with Crippen LogP contribution in [0.25, 0.3) is 0 Å². The van der Waals surface area contributed by atoms with Gasteiger partial charge in [0, 0.05) is 30.8 Å². The number of piperidine rings is 1. The maximum absolute atomic E-state index is 9.55. The van der Waals surface area contributed by atoms with Crippen molar-refractivity contribution >= 4 is 11.9 Å². The second kappa shape index (κ2) is 12.7. The van der Waals surface area contributed by atoms with Gasteiger partial charge in [-0.1, -0.05) is 13.8 Å². The fraction of sp³-hybridized carbons (Fsp3) is 0.526. The molecule has 0 radical (unpaired) electrons. The van der Waals surface area contributed by atoms with Gasteiger partial charge < -0.3 is 25.0 Å². The van der Waals surface area contributed by atoms with Gasteiger partial charge in [0.05, 0.1) is 13.2 Å². The van der Waals surface area contributed by atoms with Gasteiger partial charge in [0.25, 0.3) is 5.88 Å². The van der Waals surface area contributed by atoms with Crippen LogP contribution in [-0.4, -0.2) is 53.4 Å². The number of pyridine rings is 1. The van der Waals surface area contributed by atoms with Crippen molar-refractivity contribution in [2.24, 2.45) is 11.8 Å². The van der Waals surface area contributed by atoms with Crippen LogP contribution < -0.4 is 14.8 Å². The second-order valence-corrected chi connectivity index (χ2v) is 6.54. The van der Waals surface area contributed by atoms with Crippen LogP contribution in [0.3, 0.4) is 0 Å². The molecular formula is C19H28N2O6. The number of carboxylic acids is 2. The number of carbonyl (C=O) groups is 2. The maximum atomic E-state index is 9.55. The van der Waals surface area contributed by atoms with Crippen LogP contribution in [0.4, 0.5) is 0 Å². The summed E-state index contributed by atoms with van der Waals surface area (Å²) in [5, 5.41) is 19.0. The molecule has 27 heavy (non-hydrogen) atoms. The molecule has 1 atom stereocenters. The van der Waals surface area contributed by atoms with Gasteiger partial charge in [0.2, 0.25) is 0 Å². The number of hydrogen-bond donors (Lipinski definition) is 3. The molecule has 1 aliphatic rings. The first-order valence-corrected chi connectivity index (χ1v) is 8.93. The van der Waals surface area contributed by atoms with E-state index >= 15 is 0 Å². The predicted octanol–water partition coefficient (Wildman–Crippen LogP) is 2.21. The Morgan fingerprint density at radius 1 is 1.30 bits per heavy atom. The number of aromatic nitrogens is 1. The van der Waals surface area contributed by atoms with Crippen molar-refractivity contribution in [3.63, 3.8) is 0 Å². The Hall–Kier alpha value is -2.61. The molecule has 150 valence electrons. The van der Waals surface area contributed by atoms with E-state index in [1.165, 1.54) is 12.8 Å². The minimum atomic E-state index is -1.26. The van der Waals surface area contributed by atoms with E-state index in [-0.39, 0.29) is 0 Å². The normalized spacial score (nSPS) is 16.5. The highest BCUT2D eigenvalue weighted by Crippen LogP contribution is 2.25. The van der Waals surface area contributed by atoms with E-state index < -0.39 is 11.9 Å². The average molecular weight is 380 g/mol. The topological polar surface area (TPSA) is 118 Å². The smallest absolute Gasteiger partial charge is 0.328 e. The zero-order valence-electron chi connectivity index (χ0n) is 15.8. The predicted molar refractivity (Wildman–Crippen MR) is 100 cm³/mol. The van der Waals surface area contributed by atoms with Gasteiger partial charge in [-0.25, -0.2) is 14.6 Å². The van der Waals surface area contributed by atoms with E-state index in [0.717, 1.165) is 25.4 Å². The molecule has 0 saturated carbocycles. The van der Waals surface area contributed by atoms with Gasteiger partial charge in [-0.15, -0.1) is 0 Å². The first-order valence-electron chi connectivity index (χ1n) is 8.93. The first kappa shape index (κ1) is 22.4. The fourth-order valence-electron chi connectivity index (χ4n) is 2.26. The molecule has 1 aromatic heterocycles. The minimum Gasteiger partial charge on any atom is -0.488 e. The molecule has 0 aromatic carbocycles. The lowest BCUT2D eigenvalue weighted by atomic mass is 10.0. The highest BCUT2D eigenvalue weighted by Gasteiger charge is 2.15. The minimum absolute atomic E-state index is 0.484. The standard InChI is InChI=1S/C15H24N2O2.C4H4O4/c1-12(2)10-19-15-14(6-4-8-17-15)18-11-13-5-3-7-16-9-13;5-3(6)1-2-4(7)8/h4,6,8,12-13,16H,3,5,7,9-11H2,1-2H3;1-2H,(H,5,6)(H,7,8)/b;2-1+/t13-;/m0./s1. The molecule has 0 amide bonds. The number of nitrogens with zero attached hydrogens (tertiary/aromatic N) is 1. The van der Waals surface area contributed by atoms with Crippen LogP contribution in [0.2, 0.25) is 0 Å². The highest BCUT2D eigenvalue weighted by atomic mass is 16.5. The summed E-state index contributed by atoms with van der Waals surface area (Å²) in [4.78, 5) is 23.4. The molecule has 2 heterocycles. The molecule has 0 bridgehead atoms. The zero-order chi connectivity index (χ0) is 20.1. The summed E-state index contributed by atoms with van der Waals surface area (Å²) in [5.74, 6) is -0.0715. The second-order valence-electron chi connectivity index (χ2n) is 6.54. The van der Waals surface area contributed by atoms with E-state index in [0.29, 0.717) is 36.5 Å². The third-order valence-corrected chi connectivity index (χ3v) is 3.53. The Morgan fingerprint density at radius 3 is 2.56 bits per heavy atom. The van der Waals surface area contributed by atoms with Crippen molar-refractivity contribution in [1.29, 1.82) is 0 Å². The number of hydrogen-bond acceptors (Lipinski definition) is 6.